The quantitative estimate of drug-likeness (QED) is 0.238. The van der Waals surface area contributed by atoms with Crippen LogP contribution in [0.25, 0.3) is 0 Å². The van der Waals surface area contributed by atoms with Gasteiger partial charge in [0.1, 0.15) is 24.4 Å². The Labute approximate surface area is 172 Å². The van der Waals surface area contributed by atoms with Gasteiger partial charge < -0.3 is 24.8 Å². The van der Waals surface area contributed by atoms with E-state index >= 15 is 0 Å². The Balaban J connectivity index is 1.80. The van der Waals surface area contributed by atoms with Crippen molar-refractivity contribution in [3.8, 4) is 0 Å². The van der Waals surface area contributed by atoms with Crippen molar-refractivity contribution in [1.29, 1.82) is 0 Å². The highest BCUT2D eigenvalue weighted by atomic mass is 16.5. The van der Waals surface area contributed by atoms with E-state index in [1.54, 1.807) is 0 Å². The molecule has 1 saturated heterocycles. The second kappa shape index (κ2) is 17.4. The molecule has 3 N–H and O–H groups in total. The zero-order valence-electron chi connectivity index (χ0n) is 17.9. The average Bonchev–Trinajstić information content (AvgIpc) is 3.03. The zero-order chi connectivity index (χ0) is 20.5. The summed E-state index contributed by atoms with van der Waals surface area (Å²) in [6.45, 7) is 3.07. The Bertz CT molecular complexity index is 374. The summed E-state index contributed by atoms with van der Waals surface area (Å²) in [6, 6.07) is 0. The van der Waals surface area contributed by atoms with Gasteiger partial charge in [-0.1, -0.05) is 70.4 Å². The van der Waals surface area contributed by atoms with Crippen LogP contribution in [0.4, 0.5) is 0 Å². The van der Waals surface area contributed by atoms with Gasteiger partial charge in [0.25, 0.3) is 0 Å². The lowest BCUT2D eigenvalue weighted by Gasteiger charge is -2.20. The summed E-state index contributed by atoms with van der Waals surface area (Å²) >= 11 is 0. The molecule has 0 aromatic rings. The van der Waals surface area contributed by atoms with E-state index in [-0.39, 0.29) is 13.2 Å². The van der Waals surface area contributed by atoms with E-state index in [1.807, 2.05) is 0 Å². The molecular weight excluding hydrogens is 356 g/mol. The summed E-state index contributed by atoms with van der Waals surface area (Å²) in [6.07, 6.45) is 17.6. The number of aliphatic hydroxyl groups excluding tert-OH is 3. The summed E-state index contributed by atoms with van der Waals surface area (Å²) in [7, 11) is 0. The number of unbranched alkanes of at least 4 members (excludes halogenated alkanes) is 11. The van der Waals surface area contributed by atoms with Crippen molar-refractivity contribution in [3.05, 3.63) is 12.2 Å². The van der Waals surface area contributed by atoms with Gasteiger partial charge in [0, 0.05) is 6.61 Å². The van der Waals surface area contributed by atoms with Gasteiger partial charge >= 0.3 is 0 Å². The third-order valence-corrected chi connectivity index (χ3v) is 5.41. The Kier molecular flexibility index (Phi) is 15.9. The van der Waals surface area contributed by atoms with Crippen molar-refractivity contribution in [2.45, 2.75) is 115 Å². The van der Waals surface area contributed by atoms with Crippen molar-refractivity contribution < 1.29 is 24.8 Å². The highest BCUT2D eigenvalue weighted by Crippen LogP contribution is 2.18. The fraction of sp³-hybridized carbons (Fsp3) is 0.913. The van der Waals surface area contributed by atoms with Crippen LogP contribution in [0, 0.1) is 0 Å². The molecule has 166 valence electrons. The molecule has 0 aromatic heterocycles. The monoisotopic (exact) mass is 400 g/mol. The van der Waals surface area contributed by atoms with Crippen LogP contribution in [0.15, 0.2) is 12.2 Å². The van der Waals surface area contributed by atoms with E-state index < -0.39 is 24.4 Å². The normalized spacial score (nSPS) is 23.6. The first-order valence-electron chi connectivity index (χ1n) is 11.5. The standard InChI is InChI=1S/C23H44O5/c1-2-3-4-5-6-7-8-9-10-11-12-13-14-15-16-17-27-18-21(25)23-22(26)20(24)19-28-23/h9-10,20-26H,2-8,11-19H2,1H3/b10-9+/t20-,21+,22-,23-/m0/s1. The van der Waals surface area contributed by atoms with Gasteiger partial charge in [-0.25, -0.2) is 0 Å². The number of aliphatic hydroxyl groups is 3. The Morgan fingerprint density at radius 3 is 2.04 bits per heavy atom. The van der Waals surface area contributed by atoms with E-state index in [0.29, 0.717) is 6.61 Å². The molecule has 0 aliphatic carbocycles. The van der Waals surface area contributed by atoms with E-state index in [9.17, 15) is 15.3 Å². The number of hydrogen-bond donors (Lipinski definition) is 3. The Morgan fingerprint density at radius 1 is 0.893 bits per heavy atom. The largest absolute Gasteiger partial charge is 0.388 e. The van der Waals surface area contributed by atoms with Crippen molar-refractivity contribution in [1.82, 2.24) is 0 Å². The van der Waals surface area contributed by atoms with Gasteiger partial charge in [-0.3, -0.25) is 0 Å². The fourth-order valence-electron chi connectivity index (χ4n) is 3.54. The first-order valence-corrected chi connectivity index (χ1v) is 11.5. The smallest absolute Gasteiger partial charge is 0.114 e. The van der Waals surface area contributed by atoms with E-state index in [2.05, 4.69) is 19.1 Å². The molecule has 0 unspecified atom stereocenters. The third kappa shape index (κ3) is 12.2. The van der Waals surface area contributed by atoms with E-state index in [1.165, 1.54) is 70.6 Å². The zero-order valence-corrected chi connectivity index (χ0v) is 17.9. The summed E-state index contributed by atoms with van der Waals surface area (Å²) in [5.74, 6) is 0. The van der Waals surface area contributed by atoms with Crippen LogP contribution in [-0.4, -0.2) is 59.6 Å². The van der Waals surface area contributed by atoms with Gasteiger partial charge in [-0.05, 0) is 32.1 Å². The van der Waals surface area contributed by atoms with Crippen LogP contribution in [0.3, 0.4) is 0 Å². The van der Waals surface area contributed by atoms with Crippen molar-refractivity contribution in [2.24, 2.45) is 0 Å². The van der Waals surface area contributed by atoms with Gasteiger partial charge in [0.2, 0.25) is 0 Å². The van der Waals surface area contributed by atoms with Crippen LogP contribution < -0.4 is 0 Å². The van der Waals surface area contributed by atoms with Crippen LogP contribution in [0.5, 0.6) is 0 Å². The molecule has 0 amide bonds. The van der Waals surface area contributed by atoms with Crippen LogP contribution >= 0.6 is 0 Å². The SMILES string of the molecule is CCCCCCCC/C=C/CCCCCCCOC[C@@H](O)[C@@H]1OC[C@H](O)[C@@H]1O. The molecule has 4 atom stereocenters. The van der Waals surface area contributed by atoms with Crippen LogP contribution in [0.2, 0.25) is 0 Å². The summed E-state index contributed by atoms with van der Waals surface area (Å²) < 4.78 is 10.7. The third-order valence-electron chi connectivity index (χ3n) is 5.41. The molecule has 1 aliphatic heterocycles. The van der Waals surface area contributed by atoms with Gasteiger partial charge in [0.05, 0.1) is 13.2 Å². The molecule has 28 heavy (non-hydrogen) atoms. The minimum Gasteiger partial charge on any atom is -0.388 e. The maximum atomic E-state index is 9.94. The lowest BCUT2D eigenvalue weighted by Crippen LogP contribution is -2.40. The molecule has 0 bridgehead atoms. The second-order valence-electron chi connectivity index (χ2n) is 8.08. The maximum absolute atomic E-state index is 9.94. The average molecular weight is 401 g/mol. The Morgan fingerprint density at radius 2 is 1.46 bits per heavy atom. The number of hydrogen-bond acceptors (Lipinski definition) is 5. The molecule has 1 heterocycles. The molecule has 0 spiro atoms. The number of ether oxygens (including phenoxy) is 2. The van der Waals surface area contributed by atoms with E-state index in [0.717, 1.165) is 12.8 Å². The molecule has 0 aromatic carbocycles. The predicted molar refractivity (Wildman–Crippen MR) is 113 cm³/mol. The summed E-state index contributed by atoms with van der Waals surface area (Å²) in [5, 5.41) is 29.0. The number of allylic oxidation sites excluding steroid dienone is 2. The molecular formula is C23H44O5. The minimum absolute atomic E-state index is 0.0666. The molecule has 1 aliphatic rings. The van der Waals surface area contributed by atoms with Crippen molar-refractivity contribution >= 4 is 0 Å². The van der Waals surface area contributed by atoms with E-state index in [4.69, 9.17) is 9.47 Å². The molecule has 5 heteroatoms. The lowest BCUT2D eigenvalue weighted by atomic mass is 10.1. The maximum Gasteiger partial charge on any atom is 0.114 e. The predicted octanol–water partition coefficient (Wildman–Crippen LogP) is 4.13. The van der Waals surface area contributed by atoms with Gasteiger partial charge in [0.15, 0.2) is 0 Å². The second-order valence-corrected chi connectivity index (χ2v) is 8.08. The summed E-state index contributed by atoms with van der Waals surface area (Å²) in [4.78, 5) is 0. The first kappa shape index (κ1) is 25.6. The molecule has 1 fully saturated rings. The highest BCUT2D eigenvalue weighted by molar-refractivity contribution is 4.87. The lowest BCUT2D eigenvalue weighted by molar-refractivity contribution is -0.0813. The summed E-state index contributed by atoms with van der Waals surface area (Å²) in [5.41, 5.74) is 0. The van der Waals surface area contributed by atoms with Crippen LogP contribution in [-0.2, 0) is 9.47 Å². The number of rotatable bonds is 18. The topological polar surface area (TPSA) is 79.2 Å². The fourth-order valence-corrected chi connectivity index (χ4v) is 3.54. The minimum atomic E-state index is -1.03. The van der Waals surface area contributed by atoms with Gasteiger partial charge in [-0.15, -0.1) is 0 Å². The molecule has 0 radical (unpaired) electrons. The van der Waals surface area contributed by atoms with Crippen molar-refractivity contribution in [2.75, 3.05) is 19.8 Å². The molecule has 0 saturated carbocycles. The Hall–Kier alpha value is -0.460. The molecule has 1 rings (SSSR count). The first-order chi connectivity index (χ1) is 13.7. The van der Waals surface area contributed by atoms with Crippen molar-refractivity contribution in [3.63, 3.8) is 0 Å². The highest BCUT2D eigenvalue weighted by Gasteiger charge is 2.39. The van der Waals surface area contributed by atoms with Gasteiger partial charge in [-0.2, -0.15) is 0 Å². The van der Waals surface area contributed by atoms with Crippen LogP contribution in [0.1, 0.15) is 90.4 Å². The molecule has 5 nitrogen and oxygen atoms in total.